The summed E-state index contributed by atoms with van der Waals surface area (Å²) in [6, 6.07) is 1.92. The van der Waals surface area contributed by atoms with Gasteiger partial charge in [-0.2, -0.15) is 0 Å². The lowest BCUT2D eigenvalue weighted by Gasteiger charge is -2.24. The Morgan fingerprint density at radius 3 is 2.29 bits per heavy atom. The minimum atomic E-state index is -0.911. The molecule has 0 saturated carbocycles. The first kappa shape index (κ1) is 13.4. The average molecular weight is 242 g/mol. The first-order chi connectivity index (χ1) is 7.88. The fraction of sp³-hybridized carbons (Fsp3) is 0.417. The number of carbonyl (C=O) groups excluding carboxylic acids is 1. The molecule has 0 spiro atoms. The second-order valence-corrected chi connectivity index (χ2v) is 4.03. The Bertz CT molecular complexity index is 412. The van der Waals surface area contributed by atoms with Crippen molar-refractivity contribution in [1.29, 1.82) is 0 Å². The Morgan fingerprint density at radius 1 is 1.41 bits per heavy atom. The zero-order valence-corrected chi connectivity index (χ0v) is 10.1. The summed E-state index contributed by atoms with van der Waals surface area (Å²) in [4.78, 5) is 13.4. The second kappa shape index (κ2) is 5.12. The summed E-state index contributed by atoms with van der Waals surface area (Å²) in [7, 11) is 1.60. The van der Waals surface area contributed by atoms with Gasteiger partial charge in [0.2, 0.25) is 0 Å². The Hall–Kier alpha value is -1.65. The van der Waals surface area contributed by atoms with E-state index in [-0.39, 0.29) is 11.6 Å². The highest BCUT2D eigenvalue weighted by Gasteiger charge is 2.19. The molecule has 0 bridgehead atoms. The van der Waals surface area contributed by atoms with Gasteiger partial charge in [-0.05, 0) is 25.5 Å². The van der Waals surface area contributed by atoms with E-state index < -0.39 is 23.2 Å². The van der Waals surface area contributed by atoms with Crippen LogP contribution in [0.5, 0.6) is 0 Å². The largest absolute Gasteiger partial charge is 0.394 e. The normalized spacial score (nSPS) is 12.3. The van der Waals surface area contributed by atoms with Crippen LogP contribution in [-0.2, 0) is 0 Å². The molecule has 0 radical (unpaired) electrons. The third-order valence-corrected chi connectivity index (χ3v) is 2.90. The van der Waals surface area contributed by atoms with Crippen molar-refractivity contribution in [2.45, 2.75) is 26.3 Å². The lowest BCUT2D eigenvalue weighted by molar-refractivity contribution is 0.0739. The van der Waals surface area contributed by atoms with Gasteiger partial charge in [0.25, 0.3) is 5.91 Å². The predicted molar refractivity (Wildman–Crippen MR) is 62.6 cm³/mol. The molecule has 1 rings (SSSR count). The van der Waals surface area contributed by atoms with Crippen LogP contribution in [0.2, 0.25) is 0 Å². The maximum Gasteiger partial charge on any atom is 0.254 e. The molecule has 0 aliphatic rings. The summed E-state index contributed by atoms with van der Waals surface area (Å²) in [6.45, 7) is 3.79. The van der Waals surface area contributed by atoms with Crippen LogP contribution in [0, 0.1) is 11.6 Å². The molecule has 1 aromatic rings. The Balaban J connectivity index is 3.05. The molecule has 1 aromatic carbocycles. The van der Waals surface area contributed by atoms with Crippen molar-refractivity contribution < 1.29 is 13.6 Å². The van der Waals surface area contributed by atoms with Crippen LogP contribution in [-0.4, -0.2) is 23.9 Å². The van der Waals surface area contributed by atoms with Crippen molar-refractivity contribution in [3.63, 3.8) is 0 Å². The minimum absolute atomic E-state index is 0.00572. The quantitative estimate of drug-likeness (QED) is 0.827. The molecule has 0 aliphatic carbocycles. The second-order valence-electron chi connectivity index (χ2n) is 4.03. The van der Waals surface area contributed by atoms with Gasteiger partial charge in [-0.25, -0.2) is 8.78 Å². The molecule has 3 nitrogen and oxygen atoms in total. The standard InChI is InChI=1S/C12H16F2N2O/c1-4-7(2)16(3)12(17)8-5-9(13)11(15)10(14)6-8/h5-7H,4,15H2,1-3H3. The maximum atomic E-state index is 13.2. The number of amides is 1. The zero-order valence-electron chi connectivity index (χ0n) is 10.1. The molecule has 94 valence electrons. The fourth-order valence-corrected chi connectivity index (χ4v) is 1.39. The molecular formula is C12H16F2N2O. The molecule has 0 fully saturated rings. The highest BCUT2D eigenvalue weighted by Crippen LogP contribution is 2.19. The van der Waals surface area contributed by atoms with Gasteiger partial charge in [0.15, 0.2) is 0 Å². The van der Waals surface area contributed by atoms with E-state index in [1.54, 1.807) is 7.05 Å². The van der Waals surface area contributed by atoms with Gasteiger partial charge in [-0.1, -0.05) is 6.92 Å². The molecule has 0 aliphatic heterocycles. The number of nitrogens with zero attached hydrogens (tertiary/aromatic N) is 1. The number of hydrogen-bond donors (Lipinski definition) is 1. The van der Waals surface area contributed by atoms with E-state index in [0.29, 0.717) is 0 Å². The monoisotopic (exact) mass is 242 g/mol. The van der Waals surface area contributed by atoms with Crippen LogP contribution in [0.15, 0.2) is 12.1 Å². The van der Waals surface area contributed by atoms with E-state index in [0.717, 1.165) is 18.6 Å². The summed E-state index contributed by atoms with van der Waals surface area (Å²) in [6.07, 6.45) is 0.766. The summed E-state index contributed by atoms with van der Waals surface area (Å²) in [5.74, 6) is -2.24. The van der Waals surface area contributed by atoms with Crippen molar-refractivity contribution in [2.24, 2.45) is 0 Å². The number of benzene rings is 1. The summed E-state index contributed by atoms with van der Waals surface area (Å²) in [5, 5.41) is 0. The lowest BCUT2D eigenvalue weighted by atomic mass is 10.1. The molecular weight excluding hydrogens is 226 g/mol. The van der Waals surface area contributed by atoms with Crippen LogP contribution in [0.3, 0.4) is 0 Å². The van der Waals surface area contributed by atoms with E-state index >= 15 is 0 Å². The van der Waals surface area contributed by atoms with Gasteiger partial charge in [-0.15, -0.1) is 0 Å². The topological polar surface area (TPSA) is 46.3 Å². The highest BCUT2D eigenvalue weighted by atomic mass is 19.1. The number of anilines is 1. The number of halogens is 2. The van der Waals surface area contributed by atoms with Gasteiger partial charge in [-0.3, -0.25) is 4.79 Å². The number of nitrogen functional groups attached to an aromatic ring is 1. The third-order valence-electron chi connectivity index (χ3n) is 2.90. The Kier molecular flexibility index (Phi) is 4.04. The molecule has 17 heavy (non-hydrogen) atoms. The van der Waals surface area contributed by atoms with E-state index in [9.17, 15) is 13.6 Å². The molecule has 0 heterocycles. The third kappa shape index (κ3) is 2.72. The van der Waals surface area contributed by atoms with Crippen molar-refractivity contribution in [3.8, 4) is 0 Å². The minimum Gasteiger partial charge on any atom is -0.394 e. The van der Waals surface area contributed by atoms with Crippen molar-refractivity contribution in [3.05, 3.63) is 29.3 Å². The van der Waals surface area contributed by atoms with E-state index in [2.05, 4.69) is 0 Å². The molecule has 1 atom stereocenters. The number of hydrogen-bond acceptors (Lipinski definition) is 2. The predicted octanol–water partition coefficient (Wildman–Crippen LogP) is 2.42. The van der Waals surface area contributed by atoms with Crippen LogP contribution in [0.25, 0.3) is 0 Å². The van der Waals surface area contributed by atoms with Crippen molar-refractivity contribution in [2.75, 3.05) is 12.8 Å². The molecule has 1 unspecified atom stereocenters. The molecule has 0 aromatic heterocycles. The fourth-order valence-electron chi connectivity index (χ4n) is 1.39. The average Bonchev–Trinajstić information content (AvgIpc) is 2.32. The summed E-state index contributed by atoms with van der Waals surface area (Å²) >= 11 is 0. The lowest BCUT2D eigenvalue weighted by Crippen LogP contribution is -2.34. The van der Waals surface area contributed by atoms with Crippen molar-refractivity contribution in [1.82, 2.24) is 4.90 Å². The molecule has 0 saturated heterocycles. The first-order valence-corrected chi connectivity index (χ1v) is 5.40. The highest BCUT2D eigenvalue weighted by molar-refractivity contribution is 5.94. The Labute approximate surface area is 99.2 Å². The van der Waals surface area contributed by atoms with Crippen LogP contribution < -0.4 is 5.73 Å². The smallest absolute Gasteiger partial charge is 0.254 e. The van der Waals surface area contributed by atoms with Gasteiger partial charge in [0, 0.05) is 18.7 Å². The Morgan fingerprint density at radius 2 is 1.88 bits per heavy atom. The van der Waals surface area contributed by atoms with E-state index in [1.807, 2.05) is 13.8 Å². The number of nitrogens with two attached hydrogens (primary N) is 1. The number of rotatable bonds is 3. The summed E-state index contributed by atoms with van der Waals surface area (Å²) in [5.41, 5.74) is 4.55. The molecule has 2 N–H and O–H groups in total. The van der Waals surface area contributed by atoms with E-state index in [4.69, 9.17) is 5.73 Å². The first-order valence-electron chi connectivity index (χ1n) is 5.40. The van der Waals surface area contributed by atoms with Crippen LogP contribution in [0.4, 0.5) is 14.5 Å². The van der Waals surface area contributed by atoms with Crippen LogP contribution in [0.1, 0.15) is 30.6 Å². The van der Waals surface area contributed by atoms with Gasteiger partial charge >= 0.3 is 0 Å². The zero-order chi connectivity index (χ0) is 13.2. The summed E-state index contributed by atoms with van der Waals surface area (Å²) < 4.78 is 26.4. The molecule has 5 heteroatoms. The van der Waals surface area contributed by atoms with Crippen molar-refractivity contribution >= 4 is 11.6 Å². The number of carbonyl (C=O) groups is 1. The molecule has 1 amide bonds. The van der Waals surface area contributed by atoms with Crippen LogP contribution >= 0.6 is 0 Å². The van der Waals surface area contributed by atoms with Gasteiger partial charge in [0.1, 0.15) is 17.3 Å². The van der Waals surface area contributed by atoms with Gasteiger partial charge < -0.3 is 10.6 Å². The van der Waals surface area contributed by atoms with Gasteiger partial charge in [0.05, 0.1) is 0 Å². The maximum absolute atomic E-state index is 13.2. The SMILES string of the molecule is CCC(C)N(C)C(=O)c1cc(F)c(N)c(F)c1. The van der Waals surface area contributed by atoms with E-state index in [1.165, 1.54) is 4.90 Å².